The molecular formula is C10H14ClNO3S. The first-order valence-electron chi connectivity index (χ1n) is 4.87. The number of hydrogen-bond acceptors (Lipinski definition) is 3. The Morgan fingerprint density at radius 2 is 2.00 bits per heavy atom. The van der Waals surface area contributed by atoms with Crippen molar-refractivity contribution in [3.63, 3.8) is 0 Å². The molecule has 1 aromatic carbocycles. The predicted octanol–water partition coefficient (Wildman–Crippen LogP) is 1.14. The van der Waals surface area contributed by atoms with Crippen molar-refractivity contribution in [2.75, 3.05) is 12.4 Å². The minimum Gasteiger partial charge on any atom is -0.396 e. The molecule has 0 saturated heterocycles. The largest absolute Gasteiger partial charge is 0.396 e. The molecule has 0 atom stereocenters. The molecule has 0 aliphatic carbocycles. The Morgan fingerprint density at radius 3 is 2.62 bits per heavy atom. The second kappa shape index (κ2) is 6.20. The molecule has 0 amide bonds. The van der Waals surface area contributed by atoms with E-state index in [2.05, 4.69) is 4.72 Å². The topological polar surface area (TPSA) is 66.4 Å². The zero-order chi connectivity index (χ0) is 12.0. The van der Waals surface area contributed by atoms with Gasteiger partial charge in [-0.05, 0) is 18.1 Å². The molecule has 4 nitrogen and oxygen atoms in total. The van der Waals surface area contributed by atoms with Gasteiger partial charge in [0.15, 0.2) is 0 Å². The van der Waals surface area contributed by atoms with Crippen molar-refractivity contribution >= 4 is 21.6 Å². The van der Waals surface area contributed by atoms with Gasteiger partial charge in [0.1, 0.15) is 0 Å². The van der Waals surface area contributed by atoms with Gasteiger partial charge in [0.25, 0.3) is 0 Å². The molecule has 2 N–H and O–H groups in total. The molecule has 0 aromatic heterocycles. The second-order valence-corrected chi connectivity index (χ2v) is 5.64. The average molecular weight is 264 g/mol. The maximum absolute atomic E-state index is 11.4. The van der Waals surface area contributed by atoms with Gasteiger partial charge in [0, 0.05) is 18.2 Å². The molecule has 6 heteroatoms. The Balaban J connectivity index is 2.55. The van der Waals surface area contributed by atoms with E-state index in [-0.39, 0.29) is 25.3 Å². The summed E-state index contributed by atoms with van der Waals surface area (Å²) in [5, 5.41) is 9.08. The maximum atomic E-state index is 11.4. The van der Waals surface area contributed by atoms with Gasteiger partial charge in [-0.3, -0.25) is 0 Å². The zero-order valence-corrected chi connectivity index (χ0v) is 10.3. The number of nitrogens with one attached hydrogen (secondary N) is 1. The summed E-state index contributed by atoms with van der Waals surface area (Å²) in [5.74, 6) is -0.0754. The lowest BCUT2D eigenvalue weighted by Crippen LogP contribution is -2.26. The third kappa shape index (κ3) is 4.49. The van der Waals surface area contributed by atoms with E-state index in [1.54, 1.807) is 24.3 Å². The zero-order valence-electron chi connectivity index (χ0n) is 8.69. The average Bonchev–Trinajstić information content (AvgIpc) is 2.26. The number of rotatable bonds is 6. The molecule has 0 unspecified atom stereocenters. The summed E-state index contributed by atoms with van der Waals surface area (Å²) >= 11 is 5.88. The molecule has 16 heavy (non-hydrogen) atoms. The first-order chi connectivity index (χ1) is 7.55. The van der Waals surface area contributed by atoms with Crippen LogP contribution in [-0.4, -0.2) is 25.9 Å². The van der Waals surface area contributed by atoms with E-state index in [1.807, 2.05) is 0 Å². The van der Waals surface area contributed by atoms with Crippen LogP contribution in [0.2, 0.25) is 5.02 Å². The summed E-state index contributed by atoms with van der Waals surface area (Å²) < 4.78 is 25.2. The number of halogens is 1. The minimum atomic E-state index is -3.33. The highest BCUT2D eigenvalue weighted by molar-refractivity contribution is 7.89. The van der Waals surface area contributed by atoms with Crippen LogP contribution in [-0.2, 0) is 16.6 Å². The summed E-state index contributed by atoms with van der Waals surface area (Å²) in [6, 6.07) is 7.05. The van der Waals surface area contributed by atoms with Gasteiger partial charge >= 0.3 is 0 Å². The van der Waals surface area contributed by atoms with E-state index in [1.165, 1.54) is 0 Å². The second-order valence-electron chi connectivity index (χ2n) is 3.31. The predicted molar refractivity (Wildman–Crippen MR) is 63.8 cm³/mol. The van der Waals surface area contributed by atoms with E-state index >= 15 is 0 Å². The Hall–Kier alpha value is -0.620. The standard InChI is InChI=1S/C10H14ClNO3S/c11-10-5-2-1-4-9(10)8-12-16(14,15)7-3-6-13/h1-2,4-5,12-13H,3,6-8H2. The van der Waals surface area contributed by atoms with Crippen LogP contribution in [0.5, 0.6) is 0 Å². The van der Waals surface area contributed by atoms with Gasteiger partial charge in [-0.25, -0.2) is 13.1 Å². The summed E-state index contributed by atoms with van der Waals surface area (Å²) in [4.78, 5) is 0. The number of sulfonamides is 1. The van der Waals surface area contributed by atoms with E-state index in [0.29, 0.717) is 5.02 Å². The van der Waals surface area contributed by atoms with Gasteiger partial charge in [0.2, 0.25) is 10.0 Å². The fourth-order valence-electron chi connectivity index (χ4n) is 1.16. The minimum absolute atomic E-state index is 0.0754. The highest BCUT2D eigenvalue weighted by atomic mass is 35.5. The molecule has 0 radical (unpaired) electrons. The van der Waals surface area contributed by atoms with Crippen LogP contribution in [0.1, 0.15) is 12.0 Å². The lowest BCUT2D eigenvalue weighted by atomic mass is 10.2. The lowest BCUT2D eigenvalue weighted by molar-refractivity contribution is 0.295. The molecular weight excluding hydrogens is 250 g/mol. The summed E-state index contributed by atoms with van der Waals surface area (Å²) in [5.41, 5.74) is 0.733. The fourth-order valence-corrected chi connectivity index (χ4v) is 2.39. The molecule has 1 rings (SSSR count). The number of benzene rings is 1. The third-order valence-corrected chi connectivity index (χ3v) is 3.79. The molecule has 0 heterocycles. The maximum Gasteiger partial charge on any atom is 0.211 e. The molecule has 0 saturated carbocycles. The van der Waals surface area contributed by atoms with Gasteiger partial charge in [-0.1, -0.05) is 29.8 Å². The first-order valence-corrected chi connectivity index (χ1v) is 6.90. The smallest absolute Gasteiger partial charge is 0.211 e. The Morgan fingerprint density at radius 1 is 1.31 bits per heavy atom. The van der Waals surface area contributed by atoms with Crippen molar-refractivity contribution in [3.8, 4) is 0 Å². The van der Waals surface area contributed by atoms with Crippen LogP contribution in [0, 0.1) is 0 Å². The Kier molecular flexibility index (Phi) is 5.21. The van der Waals surface area contributed by atoms with Gasteiger partial charge in [-0.2, -0.15) is 0 Å². The van der Waals surface area contributed by atoms with E-state index in [4.69, 9.17) is 16.7 Å². The third-order valence-electron chi connectivity index (χ3n) is 2.01. The quantitative estimate of drug-likeness (QED) is 0.809. The van der Waals surface area contributed by atoms with Gasteiger partial charge in [-0.15, -0.1) is 0 Å². The van der Waals surface area contributed by atoms with E-state index in [0.717, 1.165) is 5.56 Å². The van der Waals surface area contributed by atoms with Crippen molar-refractivity contribution in [2.45, 2.75) is 13.0 Å². The fraction of sp³-hybridized carbons (Fsp3) is 0.400. The molecule has 0 aliphatic heterocycles. The molecule has 1 aromatic rings. The van der Waals surface area contributed by atoms with Gasteiger partial charge in [0.05, 0.1) is 5.75 Å². The van der Waals surface area contributed by atoms with Crippen LogP contribution < -0.4 is 4.72 Å². The normalized spacial score (nSPS) is 11.6. The SMILES string of the molecule is O=S(=O)(CCCO)NCc1ccccc1Cl. The summed E-state index contributed by atoms with van der Waals surface area (Å²) in [6.07, 6.45) is 0.234. The van der Waals surface area contributed by atoms with E-state index < -0.39 is 10.0 Å². The summed E-state index contributed by atoms with van der Waals surface area (Å²) in [6.45, 7) is 0.0421. The van der Waals surface area contributed by atoms with Crippen molar-refractivity contribution in [1.29, 1.82) is 0 Å². The van der Waals surface area contributed by atoms with E-state index in [9.17, 15) is 8.42 Å². The monoisotopic (exact) mass is 263 g/mol. The van der Waals surface area contributed by atoms with Crippen LogP contribution in [0.4, 0.5) is 0 Å². The first kappa shape index (κ1) is 13.4. The van der Waals surface area contributed by atoms with Crippen LogP contribution >= 0.6 is 11.6 Å². The lowest BCUT2D eigenvalue weighted by Gasteiger charge is -2.07. The highest BCUT2D eigenvalue weighted by Gasteiger charge is 2.09. The van der Waals surface area contributed by atoms with Gasteiger partial charge < -0.3 is 5.11 Å². The summed E-state index contributed by atoms with van der Waals surface area (Å²) in [7, 11) is -3.33. The van der Waals surface area contributed by atoms with Crippen molar-refractivity contribution < 1.29 is 13.5 Å². The van der Waals surface area contributed by atoms with Crippen molar-refractivity contribution in [3.05, 3.63) is 34.9 Å². The van der Waals surface area contributed by atoms with Crippen molar-refractivity contribution in [1.82, 2.24) is 4.72 Å². The molecule has 0 aliphatic rings. The molecule has 0 spiro atoms. The molecule has 90 valence electrons. The number of aliphatic hydroxyl groups excluding tert-OH is 1. The van der Waals surface area contributed by atoms with Crippen molar-refractivity contribution in [2.24, 2.45) is 0 Å². The number of aliphatic hydroxyl groups is 1. The Bertz CT molecular complexity index is 433. The Labute approximate surface area is 100 Å². The molecule has 0 fully saturated rings. The van der Waals surface area contributed by atoms with Crippen LogP contribution in [0.15, 0.2) is 24.3 Å². The molecule has 0 bridgehead atoms. The van der Waals surface area contributed by atoms with Crippen LogP contribution in [0.3, 0.4) is 0 Å². The number of hydrogen-bond donors (Lipinski definition) is 2. The van der Waals surface area contributed by atoms with Crippen LogP contribution in [0.25, 0.3) is 0 Å². The highest BCUT2D eigenvalue weighted by Crippen LogP contribution is 2.14.